The quantitative estimate of drug-likeness (QED) is 0.566. The molecule has 0 aliphatic heterocycles. The average molecular weight is 341 g/mol. The molecule has 24 heavy (non-hydrogen) atoms. The number of aryl methyl sites for hydroxylation is 3. The lowest BCUT2D eigenvalue weighted by molar-refractivity contribution is -0.382. The number of hydrogen-bond donors (Lipinski definition) is 1. The number of hydrogen-bond acceptors (Lipinski definition) is 5. The highest BCUT2D eigenvalue weighted by Gasteiger charge is 2.18. The van der Waals surface area contributed by atoms with E-state index < -0.39 is 4.92 Å². The second-order valence-electron chi connectivity index (χ2n) is 5.63. The van der Waals surface area contributed by atoms with Gasteiger partial charge in [0.25, 0.3) is 11.6 Å². The van der Waals surface area contributed by atoms with Crippen LogP contribution in [0.15, 0.2) is 30.3 Å². The number of anilines is 1. The number of carbonyl (C=O) groups excluding carboxylic acids is 1. The summed E-state index contributed by atoms with van der Waals surface area (Å²) in [5.74, 6) is -0.258. The average Bonchev–Trinajstić information content (AvgIpc) is 2.87. The summed E-state index contributed by atoms with van der Waals surface area (Å²) in [6.07, 6.45) is 0. The van der Waals surface area contributed by atoms with Crippen molar-refractivity contribution in [2.75, 3.05) is 5.32 Å². The molecule has 1 amide bonds. The van der Waals surface area contributed by atoms with Crippen LogP contribution in [0.3, 0.4) is 0 Å². The molecule has 1 N–H and O–H groups in total. The van der Waals surface area contributed by atoms with Gasteiger partial charge in [0, 0.05) is 11.6 Å². The third-order valence-corrected chi connectivity index (χ3v) is 4.72. The standard InChI is InChI=1S/C17H15N3O3S/c1-9-7-10(2)14(11(3)8-9)16(21)19-17-18-12-5-4-6-13(20(22)23)15(12)24-17/h4-8H,1-3H3,(H,18,19,21). The van der Waals surface area contributed by atoms with Crippen molar-refractivity contribution < 1.29 is 9.72 Å². The highest BCUT2D eigenvalue weighted by Crippen LogP contribution is 2.33. The van der Waals surface area contributed by atoms with Gasteiger partial charge in [0.05, 0.1) is 10.4 Å². The van der Waals surface area contributed by atoms with Crippen molar-refractivity contribution in [1.82, 2.24) is 4.98 Å². The Kier molecular flexibility index (Phi) is 4.02. The monoisotopic (exact) mass is 341 g/mol. The summed E-state index contributed by atoms with van der Waals surface area (Å²) in [6, 6.07) is 8.60. The van der Waals surface area contributed by atoms with Crippen molar-refractivity contribution in [3.8, 4) is 0 Å². The highest BCUT2D eigenvalue weighted by atomic mass is 32.1. The molecular formula is C17H15N3O3S. The maximum absolute atomic E-state index is 12.6. The molecule has 0 saturated heterocycles. The van der Waals surface area contributed by atoms with Gasteiger partial charge in [-0.2, -0.15) is 0 Å². The zero-order valence-corrected chi connectivity index (χ0v) is 14.2. The molecule has 1 aromatic heterocycles. The van der Waals surface area contributed by atoms with E-state index in [9.17, 15) is 14.9 Å². The van der Waals surface area contributed by atoms with Crippen LogP contribution in [0, 0.1) is 30.9 Å². The number of carbonyl (C=O) groups is 1. The lowest BCUT2D eigenvalue weighted by Crippen LogP contribution is -2.15. The van der Waals surface area contributed by atoms with Crippen molar-refractivity contribution in [2.45, 2.75) is 20.8 Å². The van der Waals surface area contributed by atoms with E-state index in [4.69, 9.17) is 0 Å². The van der Waals surface area contributed by atoms with Gasteiger partial charge in [-0.3, -0.25) is 20.2 Å². The van der Waals surface area contributed by atoms with Crippen LogP contribution in [0.4, 0.5) is 10.8 Å². The molecule has 0 saturated carbocycles. The minimum Gasteiger partial charge on any atom is -0.298 e. The Labute approximate surface area is 142 Å². The fourth-order valence-electron chi connectivity index (χ4n) is 2.83. The van der Waals surface area contributed by atoms with Gasteiger partial charge in [-0.1, -0.05) is 35.1 Å². The van der Waals surface area contributed by atoms with E-state index in [-0.39, 0.29) is 11.6 Å². The van der Waals surface area contributed by atoms with Crippen LogP contribution in [0.5, 0.6) is 0 Å². The second-order valence-corrected chi connectivity index (χ2v) is 6.63. The van der Waals surface area contributed by atoms with Crippen molar-refractivity contribution in [1.29, 1.82) is 0 Å². The predicted octanol–water partition coefficient (Wildman–Crippen LogP) is 4.38. The smallest absolute Gasteiger partial charge is 0.288 e. The number of fused-ring (bicyclic) bond motifs is 1. The first-order valence-corrected chi connectivity index (χ1v) is 8.11. The summed E-state index contributed by atoms with van der Waals surface area (Å²) >= 11 is 1.11. The van der Waals surface area contributed by atoms with Crippen LogP contribution in [0.1, 0.15) is 27.0 Å². The third kappa shape index (κ3) is 2.85. The number of non-ortho nitro benzene ring substituents is 1. The second kappa shape index (κ2) is 6.01. The largest absolute Gasteiger partial charge is 0.298 e. The number of nitro benzene ring substituents is 1. The van der Waals surface area contributed by atoms with Crippen molar-refractivity contribution >= 4 is 38.3 Å². The first-order chi connectivity index (χ1) is 11.4. The van der Waals surface area contributed by atoms with Crippen LogP contribution in [0.2, 0.25) is 0 Å². The van der Waals surface area contributed by atoms with E-state index in [1.165, 1.54) is 6.07 Å². The van der Waals surface area contributed by atoms with Gasteiger partial charge in [0.2, 0.25) is 0 Å². The minimum atomic E-state index is -0.444. The number of amides is 1. The Bertz CT molecular complexity index is 955. The van der Waals surface area contributed by atoms with E-state index in [1.54, 1.807) is 12.1 Å². The lowest BCUT2D eigenvalue weighted by atomic mass is 9.99. The molecule has 0 aliphatic rings. The van der Waals surface area contributed by atoms with E-state index >= 15 is 0 Å². The van der Waals surface area contributed by atoms with Crippen molar-refractivity contribution in [2.24, 2.45) is 0 Å². The number of benzene rings is 2. The normalized spacial score (nSPS) is 10.8. The predicted molar refractivity (Wildman–Crippen MR) is 94.9 cm³/mol. The van der Waals surface area contributed by atoms with Crippen LogP contribution < -0.4 is 5.32 Å². The number of aromatic nitrogens is 1. The fraction of sp³-hybridized carbons (Fsp3) is 0.176. The zero-order valence-electron chi connectivity index (χ0n) is 13.4. The molecule has 0 bridgehead atoms. The molecule has 0 unspecified atom stereocenters. The van der Waals surface area contributed by atoms with Gasteiger partial charge in [-0.15, -0.1) is 0 Å². The number of rotatable bonds is 3. The minimum absolute atomic E-state index is 0.00630. The topological polar surface area (TPSA) is 85.1 Å². The Morgan fingerprint density at radius 1 is 1.21 bits per heavy atom. The van der Waals surface area contributed by atoms with E-state index in [1.807, 2.05) is 32.9 Å². The summed E-state index contributed by atoms with van der Waals surface area (Å²) in [7, 11) is 0. The molecule has 122 valence electrons. The summed E-state index contributed by atoms with van der Waals surface area (Å²) in [5, 5.41) is 14.2. The van der Waals surface area contributed by atoms with Gasteiger partial charge in [-0.05, 0) is 38.0 Å². The van der Waals surface area contributed by atoms with Gasteiger partial charge in [0.15, 0.2) is 5.13 Å². The Hall–Kier alpha value is -2.80. The van der Waals surface area contributed by atoms with E-state index in [0.29, 0.717) is 20.9 Å². The highest BCUT2D eigenvalue weighted by molar-refractivity contribution is 7.22. The number of nitrogens with zero attached hydrogens (tertiary/aromatic N) is 2. The zero-order chi connectivity index (χ0) is 17.4. The van der Waals surface area contributed by atoms with E-state index in [0.717, 1.165) is 28.0 Å². The third-order valence-electron chi connectivity index (χ3n) is 3.72. The first-order valence-electron chi connectivity index (χ1n) is 7.30. The fourth-order valence-corrected chi connectivity index (χ4v) is 3.78. The van der Waals surface area contributed by atoms with E-state index in [2.05, 4.69) is 10.3 Å². The molecular weight excluding hydrogens is 326 g/mol. The van der Waals surface area contributed by atoms with Crippen LogP contribution >= 0.6 is 11.3 Å². The maximum atomic E-state index is 12.6. The van der Waals surface area contributed by atoms with Crippen molar-refractivity contribution in [3.63, 3.8) is 0 Å². The molecule has 3 rings (SSSR count). The molecule has 0 fully saturated rings. The molecule has 3 aromatic rings. The molecule has 2 aromatic carbocycles. The Morgan fingerprint density at radius 2 is 1.88 bits per heavy atom. The molecule has 1 heterocycles. The Balaban J connectivity index is 1.97. The molecule has 6 nitrogen and oxygen atoms in total. The Morgan fingerprint density at radius 3 is 2.50 bits per heavy atom. The molecule has 0 spiro atoms. The number of nitro groups is 1. The summed E-state index contributed by atoms with van der Waals surface area (Å²) < 4.78 is 0.454. The van der Waals surface area contributed by atoms with Gasteiger partial charge >= 0.3 is 0 Å². The first kappa shape index (κ1) is 16.1. The van der Waals surface area contributed by atoms with Gasteiger partial charge in [0.1, 0.15) is 4.70 Å². The van der Waals surface area contributed by atoms with Crippen LogP contribution in [-0.4, -0.2) is 15.8 Å². The van der Waals surface area contributed by atoms with Gasteiger partial charge < -0.3 is 0 Å². The van der Waals surface area contributed by atoms with Gasteiger partial charge in [-0.25, -0.2) is 4.98 Å². The number of nitrogens with one attached hydrogen (secondary N) is 1. The maximum Gasteiger partial charge on any atom is 0.288 e. The SMILES string of the molecule is Cc1cc(C)c(C(=O)Nc2nc3cccc([N+](=O)[O-])c3s2)c(C)c1. The lowest BCUT2D eigenvalue weighted by Gasteiger charge is -2.10. The van der Waals surface area contributed by atoms with Crippen LogP contribution in [0.25, 0.3) is 10.2 Å². The molecule has 0 radical (unpaired) electrons. The molecule has 0 aliphatic carbocycles. The summed E-state index contributed by atoms with van der Waals surface area (Å²) in [4.78, 5) is 27.5. The summed E-state index contributed by atoms with van der Waals surface area (Å²) in [6.45, 7) is 5.75. The van der Waals surface area contributed by atoms with Crippen LogP contribution in [-0.2, 0) is 0 Å². The molecule has 7 heteroatoms. The molecule has 0 atom stereocenters. The number of thiazole rings is 1. The summed E-state index contributed by atoms with van der Waals surface area (Å²) in [5.41, 5.74) is 3.97. The van der Waals surface area contributed by atoms with Crippen molar-refractivity contribution in [3.05, 3.63) is 62.7 Å².